The van der Waals surface area contributed by atoms with E-state index in [1.807, 2.05) is 42.5 Å². The first-order valence-corrected chi connectivity index (χ1v) is 11.5. The number of benzene rings is 3. The number of halogens is 1. The maximum absolute atomic E-state index is 15.1. The molecule has 6 nitrogen and oxygen atoms in total. The number of para-hydroxylation sites is 2. The normalized spacial score (nSPS) is 13.7. The number of nitrogens with zero attached hydrogens (tertiary/aromatic N) is 3. The van der Waals surface area contributed by atoms with Gasteiger partial charge in [-0.3, -0.25) is 4.79 Å². The van der Waals surface area contributed by atoms with Gasteiger partial charge in [0.05, 0.1) is 23.9 Å². The third kappa shape index (κ3) is 3.97. The van der Waals surface area contributed by atoms with Gasteiger partial charge in [0, 0.05) is 37.1 Å². The molecule has 1 aliphatic rings. The minimum absolute atomic E-state index is 0.169. The lowest BCUT2D eigenvalue weighted by Gasteiger charge is -2.36. The standard InChI is InChI=1S/C28H25FN4O2/c1-18-15-21(20-8-4-6-10-25(20)35-2)22-16-23(31-27(22)26(18)29)28(34)33-13-11-32(12-14-33)24-9-5-3-7-19(24)17-30/h3-10,15-16,31H,11-14H2,1-2H3. The number of hydrogen-bond acceptors (Lipinski definition) is 4. The highest BCUT2D eigenvalue weighted by molar-refractivity contribution is 6.04. The van der Waals surface area contributed by atoms with E-state index in [4.69, 9.17) is 4.74 Å². The topological polar surface area (TPSA) is 72.4 Å². The Morgan fingerprint density at radius 2 is 1.74 bits per heavy atom. The van der Waals surface area contributed by atoms with Crippen molar-refractivity contribution in [2.24, 2.45) is 0 Å². The molecular weight excluding hydrogens is 443 g/mol. The zero-order valence-corrected chi connectivity index (χ0v) is 19.6. The third-order valence-corrected chi connectivity index (χ3v) is 6.59. The zero-order chi connectivity index (χ0) is 24.5. The lowest BCUT2D eigenvalue weighted by molar-refractivity contribution is 0.0742. The molecule has 1 aliphatic heterocycles. The summed E-state index contributed by atoms with van der Waals surface area (Å²) >= 11 is 0. The molecule has 0 radical (unpaired) electrons. The smallest absolute Gasteiger partial charge is 0.270 e. The van der Waals surface area contributed by atoms with E-state index in [0.717, 1.165) is 16.8 Å². The summed E-state index contributed by atoms with van der Waals surface area (Å²) in [6.07, 6.45) is 0. The number of piperazine rings is 1. The number of aryl methyl sites for hydroxylation is 1. The van der Waals surface area contributed by atoms with Gasteiger partial charge < -0.3 is 19.5 Å². The number of H-pyrrole nitrogens is 1. The summed E-state index contributed by atoms with van der Waals surface area (Å²) in [4.78, 5) is 20.3. The van der Waals surface area contributed by atoms with Gasteiger partial charge in [0.1, 0.15) is 23.3 Å². The van der Waals surface area contributed by atoms with Crippen LogP contribution in [-0.4, -0.2) is 49.1 Å². The van der Waals surface area contributed by atoms with Gasteiger partial charge in [-0.05, 0) is 48.4 Å². The number of carbonyl (C=O) groups is 1. The fraction of sp³-hybridized carbons (Fsp3) is 0.214. The van der Waals surface area contributed by atoms with Crippen molar-refractivity contribution < 1.29 is 13.9 Å². The van der Waals surface area contributed by atoms with Crippen LogP contribution in [-0.2, 0) is 0 Å². The van der Waals surface area contributed by atoms with E-state index in [9.17, 15) is 10.1 Å². The number of nitriles is 1. The molecule has 1 amide bonds. The monoisotopic (exact) mass is 468 g/mol. The van der Waals surface area contributed by atoms with Crippen LogP contribution in [0.2, 0.25) is 0 Å². The molecule has 1 aromatic heterocycles. The summed E-state index contributed by atoms with van der Waals surface area (Å²) in [5.74, 6) is 0.149. The van der Waals surface area contributed by atoms with Crippen molar-refractivity contribution in [2.75, 3.05) is 38.2 Å². The summed E-state index contributed by atoms with van der Waals surface area (Å²) in [6, 6.07) is 20.8. The van der Waals surface area contributed by atoms with E-state index >= 15 is 4.39 Å². The Hall–Kier alpha value is -4.31. The van der Waals surface area contributed by atoms with Gasteiger partial charge in [0.15, 0.2) is 0 Å². The van der Waals surface area contributed by atoms with Gasteiger partial charge in [-0.25, -0.2) is 4.39 Å². The lowest BCUT2D eigenvalue weighted by atomic mass is 9.98. The third-order valence-electron chi connectivity index (χ3n) is 6.59. The van der Waals surface area contributed by atoms with Crippen LogP contribution in [0.4, 0.5) is 10.1 Å². The summed E-state index contributed by atoms with van der Waals surface area (Å²) in [5, 5.41) is 10.0. The van der Waals surface area contributed by atoms with Crippen molar-refractivity contribution in [1.82, 2.24) is 9.88 Å². The van der Waals surface area contributed by atoms with Gasteiger partial charge in [-0.15, -0.1) is 0 Å². The molecule has 1 N–H and O–H groups in total. The van der Waals surface area contributed by atoms with Crippen molar-refractivity contribution in [3.05, 3.63) is 83.3 Å². The second-order valence-electron chi connectivity index (χ2n) is 8.64. The molecule has 7 heteroatoms. The van der Waals surface area contributed by atoms with Crippen LogP contribution < -0.4 is 9.64 Å². The first-order chi connectivity index (χ1) is 17.0. The first kappa shape index (κ1) is 22.5. The highest BCUT2D eigenvalue weighted by Crippen LogP contribution is 2.37. The number of anilines is 1. The lowest BCUT2D eigenvalue weighted by Crippen LogP contribution is -2.49. The molecule has 5 rings (SSSR count). The predicted molar refractivity (Wildman–Crippen MR) is 134 cm³/mol. The maximum Gasteiger partial charge on any atom is 0.270 e. The van der Waals surface area contributed by atoms with Gasteiger partial charge >= 0.3 is 0 Å². The molecule has 2 heterocycles. The Bertz CT molecular complexity index is 1460. The number of nitrogens with one attached hydrogen (secondary N) is 1. The van der Waals surface area contributed by atoms with Gasteiger partial charge in [-0.1, -0.05) is 30.3 Å². The first-order valence-electron chi connectivity index (χ1n) is 11.5. The molecule has 0 unspecified atom stereocenters. The minimum Gasteiger partial charge on any atom is -0.496 e. The molecular formula is C28H25FN4O2. The van der Waals surface area contributed by atoms with Crippen molar-refractivity contribution in [2.45, 2.75) is 6.92 Å². The Balaban J connectivity index is 1.45. The van der Waals surface area contributed by atoms with Crippen molar-refractivity contribution >= 4 is 22.5 Å². The molecule has 0 atom stereocenters. The number of methoxy groups -OCH3 is 1. The number of aromatic nitrogens is 1. The zero-order valence-electron chi connectivity index (χ0n) is 19.6. The van der Waals surface area contributed by atoms with E-state index in [0.29, 0.717) is 59.7 Å². The number of fused-ring (bicyclic) bond motifs is 1. The fourth-order valence-corrected chi connectivity index (χ4v) is 4.76. The van der Waals surface area contributed by atoms with Crippen LogP contribution in [0.1, 0.15) is 21.6 Å². The average molecular weight is 469 g/mol. The van der Waals surface area contributed by atoms with Crippen LogP contribution in [0.25, 0.3) is 22.0 Å². The highest BCUT2D eigenvalue weighted by Gasteiger charge is 2.26. The number of carbonyl (C=O) groups excluding carboxylic acids is 1. The number of ether oxygens (including phenoxy) is 1. The van der Waals surface area contributed by atoms with Crippen LogP contribution in [0.5, 0.6) is 5.75 Å². The molecule has 0 bridgehead atoms. The summed E-state index contributed by atoms with van der Waals surface area (Å²) in [6.45, 7) is 3.97. The number of rotatable bonds is 4. The minimum atomic E-state index is -0.365. The average Bonchev–Trinajstić information content (AvgIpc) is 3.36. The predicted octanol–water partition coefficient (Wildman–Crippen LogP) is 5.13. The van der Waals surface area contributed by atoms with Crippen LogP contribution in [0.3, 0.4) is 0 Å². The molecule has 0 spiro atoms. The van der Waals surface area contributed by atoms with Crippen molar-refractivity contribution in [3.8, 4) is 22.9 Å². The summed E-state index contributed by atoms with van der Waals surface area (Å²) < 4.78 is 20.6. The molecule has 0 aliphatic carbocycles. The second-order valence-corrected chi connectivity index (χ2v) is 8.64. The van der Waals surface area contributed by atoms with Crippen LogP contribution >= 0.6 is 0 Å². The van der Waals surface area contributed by atoms with Crippen molar-refractivity contribution in [1.29, 1.82) is 5.26 Å². The quantitative estimate of drug-likeness (QED) is 0.451. The largest absolute Gasteiger partial charge is 0.496 e. The van der Waals surface area contributed by atoms with Crippen LogP contribution in [0.15, 0.2) is 60.7 Å². The van der Waals surface area contributed by atoms with E-state index < -0.39 is 0 Å². The molecule has 1 saturated heterocycles. The molecule has 1 fully saturated rings. The molecule has 4 aromatic rings. The molecule has 176 valence electrons. The second kappa shape index (κ2) is 9.15. The molecule has 0 saturated carbocycles. The SMILES string of the molecule is COc1ccccc1-c1cc(C)c(F)c2[nH]c(C(=O)N3CCN(c4ccccc4C#N)CC3)cc12. The van der Waals surface area contributed by atoms with Gasteiger partial charge in [-0.2, -0.15) is 5.26 Å². The van der Waals surface area contributed by atoms with Crippen LogP contribution in [0, 0.1) is 24.1 Å². The Labute approximate surface area is 203 Å². The van der Waals surface area contributed by atoms with E-state index in [1.165, 1.54) is 0 Å². The van der Waals surface area contributed by atoms with E-state index in [1.54, 1.807) is 37.1 Å². The van der Waals surface area contributed by atoms with Gasteiger partial charge in [0.25, 0.3) is 5.91 Å². The number of amides is 1. The fourth-order valence-electron chi connectivity index (χ4n) is 4.76. The summed E-state index contributed by atoms with van der Waals surface area (Å²) in [5.41, 5.74) is 4.31. The maximum atomic E-state index is 15.1. The Morgan fingerprint density at radius 1 is 1.03 bits per heavy atom. The number of aromatic amines is 1. The molecule has 3 aromatic carbocycles. The Kier molecular flexibility index (Phi) is 5.87. The van der Waals surface area contributed by atoms with E-state index in [-0.39, 0.29) is 11.7 Å². The van der Waals surface area contributed by atoms with Gasteiger partial charge in [0.2, 0.25) is 0 Å². The van der Waals surface area contributed by atoms with Crippen molar-refractivity contribution in [3.63, 3.8) is 0 Å². The summed E-state index contributed by atoms with van der Waals surface area (Å²) in [7, 11) is 1.60. The van der Waals surface area contributed by atoms with E-state index in [2.05, 4.69) is 16.0 Å². The highest BCUT2D eigenvalue weighted by atomic mass is 19.1. The Morgan fingerprint density at radius 3 is 2.49 bits per heavy atom. The molecule has 35 heavy (non-hydrogen) atoms. The number of hydrogen-bond donors (Lipinski definition) is 1.